The Kier molecular flexibility index (Phi) is 3.34. The molecule has 1 heterocycles. The first-order valence-electron chi connectivity index (χ1n) is 6.12. The van der Waals surface area contributed by atoms with Crippen molar-refractivity contribution in [3.8, 4) is 12.1 Å². The van der Waals surface area contributed by atoms with E-state index < -0.39 is 5.60 Å². The molecule has 0 fully saturated rings. The van der Waals surface area contributed by atoms with E-state index in [9.17, 15) is 9.65 Å². The molecule has 0 bridgehead atoms. The van der Waals surface area contributed by atoms with Gasteiger partial charge in [0.15, 0.2) is 5.76 Å². The SMILES string of the molecule is C/C(C#N)=C1\OC(C)(C)C(c2ccc(F)cc2)=C1C#N. The van der Waals surface area contributed by atoms with Crippen LogP contribution in [0, 0.1) is 28.5 Å². The zero-order valence-corrected chi connectivity index (χ0v) is 11.5. The summed E-state index contributed by atoms with van der Waals surface area (Å²) in [7, 11) is 0. The minimum Gasteiger partial charge on any atom is -0.481 e. The highest BCUT2D eigenvalue weighted by atomic mass is 19.1. The molecule has 0 saturated heterocycles. The van der Waals surface area contributed by atoms with E-state index in [0.29, 0.717) is 28.0 Å². The van der Waals surface area contributed by atoms with Crippen LogP contribution >= 0.6 is 0 Å². The highest BCUT2D eigenvalue weighted by Crippen LogP contribution is 2.44. The van der Waals surface area contributed by atoms with Gasteiger partial charge in [-0.25, -0.2) is 4.39 Å². The number of allylic oxidation sites excluding steroid dienone is 2. The van der Waals surface area contributed by atoms with Gasteiger partial charge in [-0.2, -0.15) is 10.5 Å². The molecule has 3 nitrogen and oxygen atoms in total. The summed E-state index contributed by atoms with van der Waals surface area (Å²) in [6, 6.07) is 10.00. The third kappa shape index (κ3) is 2.17. The zero-order chi connectivity index (χ0) is 14.9. The Morgan fingerprint density at radius 3 is 2.30 bits per heavy atom. The predicted octanol–water partition coefficient (Wildman–Crippen LogP) is 3.71. The van der Waals surface area contributed by atoms with Crippen LogP contribution in [0.4, 0.5) is 4.39 Å². The lowest BCUT2D eigenvalue weighted by atomic mass is 9.89. The molecular weight excluding hydrogens is 255 g/mol. The minimum atomic E-state index is -0.740. The van der Waals surface area contributed by atoms with Gasteiger partial charge in [0.25, 0.3) is 0 Å². The molecule has 0 amide bonds. The molecule has 0 saturated carbocycles. The van der Waals surface area contributed by atoms with Crippen LogP contribution in [0.5, 0.6) is 0 Å². The van der Waals surface area contributed by atoms with Crippen LogP contribution in [0.3, 0.4) is 0 Å². The second-order valence-electron chi connectivity index (χ2n) is 5.05. The van der Waals surface area contributed by atoms with E-state index >= 15 is 0 Å². The molecule has 0 N–H and O–H groups in total. The van der Waals surface area contributed by atoms with Gasteiger partial charge < -0.3 is 4.74 Å². The molecule has 0 atom stereocenters. The summed E-state index contributed by atoms with van der Waals surface area (Å²) in [5.74, 6) is -0.0344. The van der Waals surface area contributed by atoms with Crippen molar-refractivity contribution in [2.45, 2.75) is 26.4 Å². The van der Waals surface area contributed by atoms with Gasteiger partial charge in [0.05, 0.1) is 11.6 Å². The summed E-state index contributed by atoms with van der Waals surface area (Å²) < 4.78 is 18.8. The second kappa shape index (κ2) is 4.83. The molecule has 1 aliphatic heterocycles. The molecule has 0 radical (unpaired) electrons. The fourth-order valence-corrected chi connectivity index (χ4v) is 2.30. The number of hydrogen-bond donors (Lipinski definition) is 0. The van der Waals surface area contributed by atoms with Crippen LogP contribution in [-0.2, 0) is 4.74 Å². The Bertz CT molecular complexity index is 697. The lowest BCUT2D eigenvalue weighted by Gasteiger charge is -2.22. The van der Waals surface area contributed by atoms with Crippen molar-refractivity contribution in [2.24, 2.45) is 0 Å². The molecule has 0 spiro atoms. The molecule has 2 rings (SSSR count). The van der Waals surface area contributed by atoms with Crippen molar-refractivity contribution in [2.75, 3.05) is 0 Å². The number of halogens is 1. The van der Waals surface area contributed by atoms with Gasteiger partial charge in [-0.1, -0.05) is 12.1 Å². The van der Waals surface area contributed by atoms with E-state index in [0.717, 1.165) is 0 Å². The third-order valence-corrected chi connectivity index (χ3v) is 3.19. The fourth-order valence-electron chi connectivity index (χ4n) is 2.30. The average molecular weight is 268 g/mol. The van der Waals surface area contributed by atoms with E-state index in [2.05, 4.69) is 6.07 Å². The van der Waals surface area contributed by atoms with Crippen molar-refractivity contribution in [1.29, 1.82) is 10.5 Å². The first-order valence-corrected chi connectivity index (χ1v) is 6.12. The first-order chi connectivity index (χ1) is 9.40. The number of hydrogen-bond acceptors (Lipinski definition) is 3. The summed E-state index contributed by atoms with van der Waals surface area (Å²) in [4.78, 5) is 0. The maximum atomic E-state index is 13.0. The molecule has 1 aromatic rings. The van der Waals surface area contributed by atoms with Crippen LogP contribution in [0.25, 0.3) is 5.57 Å². The smallest absolute Gasteiger partial charge is 0.152 e. The lowest BCUT2D eigenvalue weighted by Crippen LogP contribution is -2.20. The van der Waals surface area contributed by atoms with Gasteiger partial charge in [0.1, 0.15) is 23.1 Å². The Labute approximate surface area is 117 Å². The maximum Gasteiger partial charge on any atom is 0.152 e. The van der Waals surface area contributed by atoms with Gasteiger partial charge in [0, 0.05) is 5.57 Å². The Morgan fingerprint density at radius 2 is 1.80 bits per heavy atom. The summed E-state index contributed by atoms with van der Waals surface area (Å²) in [6.07, 6.45) is 0. The van der Waals surface area contributed by atoms with E-state index in [1.54, 1.807) is 19.1 Å². The third-order valence-electron chi connectivity index (χ3n) is 3.19. The van der Waals surface area contributed by atoms with Crippen LogP contribution in [0.2, 0.25) is 0 Å². The van der Waals surface area contributed by atoms with Crippen LogP contribution in [0.15, 0.2) is 41.2 Å². The molecule has 100 valence electrons. The lowest BCUT2D eigenvalue weighted by molar-refractivity contribution is 0.108. The van der Waals surface area contributed by atoms with Crippen LogP contribution in [-0.4, -0.2) is 5.60 Å². The van der Waals surface area contributed by atoms with E-state index in [-0.39, 0.29) is 5.82 Å². The van der Waals surface area contributed by atoms with Crippen molar-refractivity contribution < 1.29 is 9.13 Å². The predicted molar refractivity (Wildman–Crippen MR) is 72.4 cm³/mol. The summed E-state index contributed by atoms with van der Waals surface area (Å²) in [5.41, 5.74) is 1.33. The van der Waals surface area contributed by atoms with Crippen LogP contribution in [0.1, 0.15) is 26.3 Å². The highest BCUT2D eigenvalue weighted by Gasteiger charge is 2.39. The summed E-state index contributed by atoms with van der Waals surface area (Å²) in [6.45, 7) is 5.25. The van der Waals surface area contributed by atoms with Crippen molar-refractivity contribution >= 4 is 5.57 Å². The topological polar surface area (TPSA) is 56.8 Å². The standard InChI is InChI=1S/C16H13FN2O/c1-10(8-18)15-13(9-19)14(16(2,3)20-15)11-4-6-12(17)7-5-11/h4-7H,1-3H3/b15-10+. The fraction of sp³-hybridized carbons (Fsp3) is 0.250. The Morgan fingerprint density at radius 1 is 1.20 bits per heavy atom. The van der Waals surface area contributed by atoms with Gasteiger partial charge in [0.2, 0.25) is 0 Å². The normalized spacial score (nSPS) is 19.1. The minimum absolute atomic E-state index is 0.305. The number of benzene rings is 1. The molecule has 1 aromatic carbocycles. The quantitative estimate of drug-likeness (QED) is 0.729. The van der Waals surface area contributed by atoms with Gasteiger partial charge >= 0.3 is 0 Å². The number of ether oxygens (including phenoxy) is 1. The summed E-state index contributed by atoms with van der Waals surface area (Å²) >= 11 is 0. The number of nitrogens with zero attached hydrogens (tertiary/aromatic N) is 2. The second-order valence-corrected chi connectivity index (χ2v) is 5.05. The molecule has 0 unspecified atom stereocenters. The molecule has 20 heavy (non-hydrogen) atoms. The van der Waals surface area contributed by atoms with Crippen LogP contribution < -0.4 is 0 Å². The maximum absolute atomic E-state index is 13.0. The van der Waals surface area contributed by atoms with Crippen molar-refractivity contribution in [3.05, 3.63) is 52.6 Å². The zero-order valence-electron chi connectivity index (χ0n) is 11.5. The Balaban J connectivity index is 2.72. The first kappa shape index (κ1) is 13.8. The molecular formula is C16H13FN2O. The van der Waals surface area contributed by atoms with Gasteiger partial charge in [-0.05, 0) is 38.5 Å². The van der Waals surface area contributed by atoms with Gasteiger partial charge in [-0.3, -0.25) is 0 Å². The van der Waals surface area contributed by atoms with Gasteiger partial charge in [-0.15, -0.1) is 0 Å². The molecule has 0 aromatic heterocycles. The molecule has 0 aliphatic carbocycles. The van der Waals surface area contributed by atoms with E-state index in [1.807, 2.05) is 19.9 Å². The van der Waals surface area contributed by atoms with E-state index in [4.69, 9.17) is 10.00 Å². The monoisotopic (exact) mass is 268 g/mol. The highest BCUT2D eigenvalue weighted by molar-refractivity contribution is 5.83. The van der Waals surface area contributed by atoms with Crippen molar-refractivity contribution in [3.63, 3.8) is 0 Å². The van der Waals surface area contributed by atoms with E-state index in [1.165, 1.54) is 12.1 Å². The molecule has 1 aliphatic rings. The number of nitriles is 2. The largest absolute Gasteiger partial charge is 0.481 e. The van der Waals surface area contributed by atoms with Crippen molar-refractivity contribution in [1.82, 2.24) is 0 Å². The molecule has 4 heteroatoms. The Hall–Kier alpha value is -2.59. The summed E-state index contributed by atoms with van der Waals surface area (Å²) in [5, 5.41) is 18.4. The average Bonchev–Trinajstić information content (AvgIpc) is 2.70. The number of rotatable bonds is 1.